The molecule has 110 valence electrons. The average Bonchev–Trinajstić information content (AvgIpc) is 2.96. The van der Waals surface area contributed by atoms with Crippen molar-refractivity contribution in [2.24, 2.45) is 27.2 Å². The predicted molar refractivity (Wildman–Crippen MR) is 76.9 cm³/mol. The summed E-state index contributed by atoms with van der Waals surface area (Å²) in [6.07, 6.45) is 13.0. The molecule has 2 rings (SSSR count). The molecule has 2 saturated carbocycles. The molecule has 0 N–H and O–H groups in total. The second-order valence-electron chi connectivity index (χ2n) is 6.71. The van der Waals surface area contributed by atoms with Crippen LogP contribution < -0.4 is 0 Å². The lowest BCUT2D eigenvalue weighted by atomic mass is 9.75. The number of hydrogen-bond acceptors (Lipinski definition) is 4. The Labute approximate surface area is 120 Å². The van der Waals surface area contributed by atoms with Gasteiger partial charge < -0.3 is 0 Å². The molecule has 2 aliphatic carbocycles. The molecule has 0 aromatic carbocycles. The largest absolute Gasteiger partial charge is 0.235 e. The van der Waals surface area contributed by atoms with Gasteiger partial charge in [0.25, 0.3) is 0 Å². The van der Waals surface area contributed by atoms with E-state index in [0.717, 1.165) is 31.1 Å². The van der Waals surface area contributed by atoms with Gasteiger partial charge in [0.05, 0.1) is 12.6 Å². The molecule has 20 heavy (non-hydrogen) atoms. The van der Waals surface area contributed by atoms with Gasteiger partial charge in [0.15, 0.2) is 0 Å². The van der Waals surface area contributed by atoms with Gasteiger partial charge in [0, 0.05) is 0 Å². The van der Waals surface area contributed by atoms with Crippen molar-refractivity contribution in [3.05, 3.63) is 0 Å². The highest BCUT2D eigenvalue weighted by atomic mass is 16.1. The molecule has 2 fully saturated rings. The van der Waals surface area contributed by atoms with E-state index >= 15 is 0 Å². The molecule has 4 nitrogen and oxygen atoms in total. The summed E-state index contributed by atoms with van der Waals surface area (Å²) >= 11 is 0. The van der Waals surface area contributed by atoms with E-state index in [1.54, 1.807) is 12.2 Å². The Hall–Kier alpha value is -1.24. The molecule has 0 amide bonds. The van der Waals surface area contributed by atoms with Gasteiger partial charge in [-0.15, -0.1) is 0 Å². The first-order valence-corrected chi connectivity index (χ1v) is 7.80. The van der Waals surface area contributed by atoms with Crippen LogP contribution in [0, 0.1) is 17.3 Å². The Morgan fingerprint density at radius 3 is 2.85 bits per heavy atom. The Kier molecular flexibility index (Phi) is 5.28. The van der Waals surface area contributed by atoms with Crippen molar-refractivity contribution in [2.75, 3.05) is 6.54 Å². The van der Waals surface area contributed by atoms with Crippen molar-refractivity contribution in [3.8, 4) is 0 Å². The molecule has 0 aliphatic heterocycles. The maximum absolute atomic E-state index is 10.4. The zero-order valence-electron chi connectivity index (χ0n) is 12.3. The van der Waals surface area contributed by atoms with Crippen LogP contribution in [0.4, 0.5) is 0 Å². The normalized spacial score (nSPS) is 32.5. The van der Waals surface area contributed by atoms with Crippen LogP contribution in [-0.2, 0) is 9.59 Å². The van der Waals surface area contributed by atoms with Gasteiger partial charge in [-0.25, -0.2) is 19.6 Å². The number of fused-ring (bicyclic) bond motifs is 2. The van der Waals surface area contributed by atoms with E-state index in [1.807, 2.05) is 6.92 Å². The summed E-state index contributed by atoms with van der Waals surface area (Å²) < 4.78 is 0. The first kappa shape index (κ1) is 15.2. The van der Waals surface area contributed by atoms with Crippen molar-refractivity contribution >= 4 is 12.2 Å². The third-order valence-corrected chi connectivity index (χ3v) is 5.26. The number of hydrogen-bond donors (Lipinski definition) is 0. The maximum Gasteiger partial charge on any atom is 0.235 e. The minimum absolute atomic E-state index is 0.118. The summed E-state index contributed by atoms with van der Waals surface area (Å²) in [5.41, 5.74) is 0.441. The van der Waals surface area contributed by atoms with E-state index in [9.17, 15) is 9.59 Å². The lowest BCUT2D eigenvalue weighted by Crippen LogP contribution is -2.22. The number of rotatable bonds is 8. The highest BCUT2D eigenvalue weighted by Gasteiger charge is 2.50. The highest BCUT2D eigenvalue weighted by molar-refractivity contribution is 5.33. The van der Waals surface area contributed by atoms with Crippen LogP contribution in [0.3, 0.4) is 0 Å². The van der Waals surface area contributed by atoms with Crippen LogP contribution >= 0.6 is 0 Å². The number of aliphatic imine (C=N–C) groups is 2. The fraction of sp³-hybridized carbons (Fsp3) is 0.875. The Balaban J connectivity index is 1.79. The third kappa shape index (κ3) is 3.65. The molecule has 4 heteroatoms. The van der Waals surface area contributed by atoms with Gasteiger partial charge in [-0.1, -0.05) is 12.8 Å². The van der Waals surface area contributed by atoms with Gasteiger partial charge in [0.1, 0.15) is 0 Å². The van der Waals surface area contributed by atoms with Crippen molar-refractivity contribution in [2.45, 2.75) is 64.3 Å². The van der Waals surface area contributed by atoms with Crippen LogP contribution in [0.1, 0.15) is 58.3 Å². The van der Waals surface area contributed by atoms with Crippen molar-refractivity contribution in [1.82, 2.24) is 0 Å². The molecule has 0 aromatic heterocycles. The molecule has 2 aliphatic rings. The molecule has 0 aromatic rings. The number of isocyanates is 2. The molecule has 4 atom stereocenters. The molecule has 0 saturated heterocycles. The van der Waals surface area contributed by atoms with Gasteiger partial charge in [-0.3, -0.25) is 0 Å². The summed E-state index contributed by atoms with van der Waals surface area (Å²) in [5, 5.41) is 0. The molecule has 0 heterocycles. The lowest BCUT2D eigenvalue weighted by Gasteiger charge is -2.31. The average molecular weight is 276 g/mol. The van der Waals surface area contributed by atoms with Crippen molar-refractivity contribution < 1.29 is 9.59 Å². The predicted octanol–water partition coefficient (Wildman–Crippen LogP) is 3.41. The first-order valence-electron chi connectivity index (χ1n) is 7.80. The Bertz CT molecular complexity index is 424. The zero-order chi connectivity index (χ0) is 14.4. The van der Waals surface area contributed by atoms with Gasteiger partial charge in [0.2, 0.25) is 12.2 Å². The second kappa shape index (κ2) is 6.97. The molecular weight excluding hydrogens is 252 g/mol. The summed E-state index contributed by atoms with van der Waals surface area (Å²) in [4.78, 5) is 27.8. The fourth-order valence-electron chi connectivity index (χ4n) is 4.57. The quantitative estimate of drug-likeness (QED) is 0.387. The minimum Gasteiger partial charge on any atom is -0.211 e. The van der Waals surface area contributed by atoms with E-state index in [-0.39, 0.29) is 6.04 Å². The summed E-state index contributed by atoms with van der Waals surface area (Å²) in [7, 11) is 0. The van der Waals surface area contributed by atoms with Gasteiger partial charge in [-0.2, -0.15) is 0 Å². The van der Waals surface area contributed by atoms with Crippen LogP contribution in [0.2, 0.25) is 0 Å². The van der Waals surface area contributed by atoms with Crippen LogP contribution in [-0.4, -0.2) is 24.7 Å². The molecule has 0 spiro atoms. The number of nitrogens with zero attached hydrogens (tertiary/aromatic N) is 2. The van der Waals surface area contributed by atoms with E-state index in [1.165, 1.54) is 32.1 Å². The summed E-state index contributed by atoms with van der Waals surface area (Å²) in [6.45, 7) is 2.65. The Morgan fingerprint density at radius 1 is 1.25 bits per heavy atom. The van der Waals surface area contributed by atoms with E-state index < -0.39 is 0 Å². The number of carbonyl (C=O) groups excluding carboxylic acids is 2. The summed E-state index contributed by atoms with van der Waals surface area (Å²) in [6, 6.07) is 0.118. The van der Waals surface area contributed by atoms with E-state index in [0.29, 0.717) is 12.0 Å². The molecule has 2 bridgehead atoms. The molecule has 4 unspecified atom stereocenters. The topological polar surface area (TPSA) is 58.9 Å². The second-order valence-corrected chi connectivity index (χ2v) is 6.71. The number of unbranched alkanes of at least 4 members (excludes halogenated alkanes) is 1. The fourth-order valence-corrected chi connectivity index (χ4v) is 4.57. The standard InChI is InChI=1S/C16H24N2O2/c1-13(18-12-20)8-16-6-5-15(10-16)14(9-16)4-2-3-7-17-11-19/h13-15H,2-10H2,1H3. The smallest absolute Gasteiger partial charge is 0.211 e. The van der Waals surface area contributed by atoms with Gasteiger partial charge >= 0.3 is 0 Å². The highest BCUT2D eigenvalue weighted by Crippen LogP contribution is 2.60. The zero-order valence-corrected chi connectivity index (χ0v) is 12.3. The van der Waals surface area contributed by atoms with E-state index in [4.69, 9.17) is 0 Å². The minimum atomic E-state index is 0.118. The Morgan fingerprint density at radius 2 is 2.10 bits per heavy atom. The van der Waals surface area contributed by atoms with Crippen molar-refractivity contribution in [3.63, 3.8) is 0 Å². The molecular formula is C16H24N2O2. The third-order valence-electron chi connectivity index (χ3n) is 5.26. The molecule has 0 radical (unpaired) electrons. The monoisotopic (exact) mass is 276 g/mol. The first-order chi connectivity index (χ1) is 9.69. The van der Waals surface area contributed by atoms with Crippen LogP contribution in [0.15, 0.2) is 9.98 Å². The maximum atomic E-state index is 10.4. The van der Waals surface area contributed by atoms with Crippen molar-refractivity contribution in [1.29, 1.82) is 0 Å². The SMILES string of the molecule is CC(CC12CCC(C1)C(CCCCN=C=O)C2)N=C=O. The van der Waals surface area contributed by atoms with E-state index in [2.05, 4.69) is 9.98 Å². The lowest BCUT2D eigenvalue weighted by molar-refractivity contribution is 0.210. The van der Waals surface area contributed by atoms with Gasteiger partial charge in [-0.05, 0) is 62.7 Å². The van der Waals surface area contributed by atoms with Crippen LogP contribution in [0.5, 0.6) is 0 Å². The summed E-state index contributed by atoms with van der Waals surface area (Å²) in [5.74, 6) is 1.70. The van der Waals surface area contributed by atoms with Crippen LogP contribution in [0.25, 0.3) is 0 Å².